The minimum Gasteiger partial charge on any atom is -0.489 e. The summed E-state index contributed by atoms with van der Waals surface area (Å²) in [6, 6.07) is 4.10. The number of hydrogen-bond acceptors (Lipinski definition) is 5. The number of ether oxygens (including phenoxy) is 2. The topological polar surface area (TPSA) is 56.6 Å². The first-order chi connectivity index (χ1) is 12.6. The molecule has 0 amide bonds. The van der Waals surface area contributed by atoms with Gasteiger partial charge in [-0.15, -0.1) is 0 Å². The van der Waals surface area contributed by atoms with Crippen molar-refractivity contribution in [3.8, 4) is 5.75 Å². The van der Waals surface area contributed by atoms with Gasteiger partial charge in [0.15, 0.2) is 5.69 Å². The number of benzene rings is 1. The van der Waals surface area contributed by atoms with Crippen LogP contribution < -0.4 is 4.74 Å². The fraction of sp³-hybridized carbons (Fsp3) is 0.579. The second-order valence-corrected chi connectivity index (χ2v) is 7.68. The van der Waals surface area contributed by atoms with Crippen LogP contribution in [0, 0.1) is 11.7 Å². The van der Waals surface area contributed by atoms with Crippen LogP contribution in [0.3, 0.4) is 0 Å². The maximum absolute atomic E-state index is 14.4. The smallest absolute Gasteiger partial charge is 0.359 e. The van der Waals surface area contributed by atoms with Gasteiger partial charge < -0.3 is 14.4 Å². The van der Waals surface area contributed by atoms with Gasteiger partial charge in [0.2, 0.25) is 0 Å². The maximum atomic E-state index is 14.4. The van der Waals surface area contributed by atoms with Crippen LogP contribution >= 0.6 is 0 Å². The number of esters is 1. The predicted octanol–water partition coefficient (Wildman–Crippen LogP) is 2.60. The normalized spacial score (nSPS) is 27.5. The van der Waals surface area contributed by atoms with Gasteiger partial charge in [-0.25, -0.2) is 9.18 Å². The molecule has 2 unspecified atom stereocenters. The van der Waals surface area contributed by atoms with Crippen molar-refractivity contribution in [1.29, 1.82) is 0 Å². The number of carbonyl (C=O) groups is 1. The quantitative estimate of drug-likeness (QED) is 0.789. The lowest BCUT2D eigenvalue weighted by atomic mass is 9.92. The Morgan fingerprint density at radius 3 is 2.88 bits per heavy atom. The van der Waals surface area contributed by atoms with Gasteiger partial charge >= 0.3 is 5.97 Å². The van der Waals surface area contributed by atoms with E-state index in [0.717, 1.165) is 12.8 Å². The van der Waals surface area contributed by atoms with Gasteiger partial charge in [-0.05, 0) is 50.8 Å². The Hall–Kier alpha value is -2.15. The summed E-state index contributed by atoms with van der Waals surface area (Å²) in [5, 5.41) is 4.52. The molecule has 5 rings (SSSR count). The predicted molar refractivity (Wildman–Crippen MR) is 92.8 cm³/mol. The molecule has 0 saturated carbocycles. The van der Waals surface area contributed by atoms with Crippen LogP contribution in [-0.4, -0.2) is 53.0 Å². The molecule has 138 valence electrons. The highest BCUT2D eigenvalue weighted by molar-refractivity contribution is 6.04. The number of piperidine rings is 1. The molecule has 2 atom stereocenters. The summed E-state index contributed by atoms with van der Waals surface area (Å²) in [6.45, 7) is 1.34. The number of fused-ring (bicyclic) bond motifs is 2. The maximum Gasteiger partial charge on any atom is 0.359 e. The molecule has 0 aliphatic carbocycles. The number of rotatable bonds is 3. The highest BCUT2D eigenvalue weighted by Gasteiger charge is 2.39. The summed E-state index contributed by atoms with van der Waals surface area (Å²) in [7, 11) is 2.19. The molecule has 2 saturated heterocycles. The van der Waals surface area contributed by atoms with Gasteiger partial charge in [-0.1, -0.05) is 0 Å². The van der Waals surface area contributed by atoms with Crippen molar-refractivity contribution in [2.75, 3.05) is 20.3 Å². The Bertz CT molecular complexity index is 867. The van der Waals surface area contributed by atoms with E-state index in [-0.39, 0.29) is 11.1 Å². The molecule has 2 bridgehead atoms. The Morgan fingerprint density at radius 1 is 1.35 bits per heavy atom. The highest BCUT2D eigenvalue weighted by atomic mass is 19.1. The number of hydrogen-bond donors (Lipinski definition) is 0. The Morgan fingerprint density at radius 2 is 2.12 bits per heavy atom. The molecule has 6 nitrogen and oxygen atoms in total. The van der Waals surface area contributed by atoms with E-state index in [0.29, 0.717) is 49.0 Å². The molecular weight excluding hydrogens is 337 g/mol. The summed E-state index contributed by atoms with van der Waals surface area (Å²) in [5.74, 6) is -0.0747. The number of halogens is 1. The molecule has 4 heterocycles. The van der Waals surface area contributed by atoms with E-state index in [4.69, 9.17) is 9.47 Å². The van der Waals surface area contributed by atoms with Crippen molar-refractivity contribution < 1.29 is 18.7 Å². The van der Waals surface area contributed by atoms with E-state index >= 15 is 0 Å². The summed E-state index contributed by atoms with van der Waals surface area (Å²) >= 11 is 0. The molecule has 2 fully saturated rings. The van der Waals surface area contributed by atoms with Crippen molar-refractivity contribution in [3.05, 3.63) is 23.6 Å². The molecule has 0 radical (unpaired) electrons. The summed E-state index contributed by atoms with van der Waals surface area (Å²) in [6.07, 6.45) is 4.58. The van der Waals surface area contributed by atoms with Crippen LogP contribution in [0.4, 0.5) is 4.39 Å². The molecular formula is C19H22FN3O3. The van der Waals surface area contributed by atoms with Crippen LogP contribution in [-0.2, 0) is 11.3 Å². The Kier molecular flexibility index (Phi) is 3.67. The highest BCUT2D eigenvalue weighted by Crippen LogP contribution is 2.38. The van der Waals surface area contributed by atoms with Crippen LogP contribution in [0.5, 0.6) is 5.75 Å². The molecule has 3 aliphatic rings. The minimum absolute atomic E-state index is 0.0562. The molecule has 1 aromatic heterocycles. The molecule has 3 aliphatic heterocycles. The number of nitrogens with zero attached hydrogens (tertiary/aromatic N) is 3. The second kappa shape index (κ2) is 5.94. The second-order valence-electron chi connectivity index (χ2n) is 7.68. The SMILES string of the molecule is CN1C2CCC1CC(COC(=O)c1nn3c4c(ccc(F)c14)OCC3)C2. The molecule has 26 heavy (non-hydrogen) atoms. The van der Waals surface area contributed by atoms with Crippen LogP contribution in [0.25, 0.3) is 10.9 Å². The fourth-order valence-electron chi connectivity index (χ4n) is 4.84. The molecule has 0 N–H and O–H groups in total. The lowest BCUT2D eigenvalue weighted by Crippen LogP contribution is -2.41. The lowest BCUT2D eigenvalue weighted by molar-refractivity contribution is 0.0310. The average molecular weight is 359 g/mol. The molecule has 1 aromatic carbocycles. The van der Waals surface area contributed by atoms with Crippen molar-refractivity contribution >= 4 is 16.9 Å². The molecule has 7 heteroatoms. The third kappa shape index (κ3) is 2.40. The van der Waals surface area contributed by atoms with Crippen molar-refractivity contribution in [2.24, 2.45) is 5.92 Å². The van der Waals surface area contributed by atoms with Crippen molar-refractivity contribution in [3.63, 3.8) is 0 Å². The third-order valence-electron chi connectivity index (χ3n) is 6.21. The summed E-state index contributed by atoms with van der Waals surface area (Å²) < 4.78 is 27.2. The first-order valence-corrected chi connectivity index (χ1v) is 9.32. The molecule has 0 spiro atoms. The zero-order chi connectivity index (χ0) is 17.8. The lowest BCUT2D eigenvalue weighted by Gasteiger charge is -2.35. The van der Waals surface area contributed by atoms with Gasteiger partial charge in [0.1, 0.15) is 23.7 Å². The first-order valence-electron chi connectivity index (χ1n) is 9.32. The Labute approximate surface area is 150 Å². The summed E-state index contributed by atoms with van der Waals surface area (Å²) in [5.41, 5.74) is 0.598. The number of carbonyl (C=O) groups excluding carboxylic acids is 1. The zero-order valence-corrected chi connectivity index (χ0v) is 14.8. The van der Waals surface area contributed by atoms with Crippen molar-refractivity contribution in [1.82, 2.24) is 14.7 Å². The molecule has 2 aromatic rings. The average Bonchev–Trinajstić information content (AvgIpc) is 3.11. The first kappa shape index (κ1) is 16.1. The van der Waals surface area contributed by atoms with Gasteiger partial charge in [0.25, 0.3) is 0 Å². The van der Waals surface area contributed by atoms with Crippen LogP contribution in [0.2, 0.25) is 0 Å². The van der Waals surface area contributed by atoms with E-state index in [1.165, 1.54) is 18.9 Å². The standard InChI is InChI=1S/C19H22FN3O3/c1-22-12-2-3-13(22)9-11(8-12)10-26-19(24)17-16-14(20)4-5-15-18(16)23(21-17)6-7-25-15/h4-5,11-13H,2-3,6-10H2,1H3. The minimum atomic E-state index is -0.544. The van der Waals surface area contributed by atoms with Gasteiger partial charge in [-0.2, -0.15) is 5.10 Å². The number of aromatic nitrogens is 2. The van der Waals surface area contributed by atoms with Crippen LogP contribution in [0.15, 0.2) is 12.1 Å². The van der Waals surface area contributed by atoms with E-state index in [9.17, 15) is 9.18 Å². The monoisotopic (exact) mass is 359 g/mol. The van der Waals surface area contributed by atoms with Gasteiger partial charge in [0, 0.05) is 12.1 Å². The van der Waals surface area contributed by atoms with E-state index in [1.807, 2.05) is 0 Å². The largest absolute Gasteiger partial charge is 0.489 e. The van der Waals surface area contributed by atoms with Crippen molar-refractivity contribution in [2.45, 2.75) is 44.3 Å². The third-order valence-corrected chi connectivity index (χ3v) is 6.21. The van der Waals surface area contributed by atoms with Gasteiger partial charge in [-0.3, -0.25) is 4.68 Å². The van der Waals surface area contributed by atoms with Crippen LogP contribution in [0.1, 0.15) is 36.2 Å². The van der Waals surface area contributed by atoms with E-state index in [1.54, 1.807) is 10.7 Å². The van der Waals surface area contributed by atoms with Gasteiger partial charge in [0.05, 0.1) is 18.5 Å². The zero-order valence-electron chi connectivity index (χ0n) is 14.8. The van der Waals surface area contributed by atoms with E-state index in [2.05, 4.69) is 17.0 Å². The summed E-state index contributed by atoms with van der Waals surface area (Å²) in [4.78, 5) is 15.1. The fourth-order valence-corrected chi connectivity index (χ4v) is 4.84. The van der Waals surface area contributed by atoms with E-state index < -0.39 is 11.8 Å². The Balaban J connectivity index is 1.36.